The number of anilines is 1. The maximum absolute atomic E-state index is 6.25. The van der Waals surface area contributed by atoms with Crippen LogP contribution in [0.25, 0.3) is 21.9 Å². The van der Waals surface area contributed by atoms with Gasteiger partial charge < -0.3 is 9.88 Å². The van der Waals surface area contributed by atoms with Gasteiger partial charge in [0.25, 0.3) is 0 Å². The molecule has 3 heterocycles. The molecule has 2 atom stereocenters. The van der Waals surface area contributed by atoms with Crippen LogP contribution in [0.4, 0.5) is 5.82 Å². The molecule has 0 amide bonds. The quantitative estimate of drug-likeness (QED) is 0.224. The van der Waals surface area contributed by atoms with E-state index in [1.54, 1.807) is 6.33 Å². The Kier molecular flexibility index (Phi) is 6.51. The zero-order valence-corrected chi connectivity index (χ0v) is 21.4. The molecule has 3 aromatic heterocycles. The third-order valence-electron chi connectivity index (χ3n) is 7.35. The molecule has 5 aromatic rings. The first-order valence-electron chi connectivity index (χ1n) is 12.5. The van der Waals surface area contributed by atoms with Gasteiger partial charge in [-0.15, -0.1) is 0 Å². The summed E-state index contributed by atoms with van der Waals surface area (Å²) in [5.74, 6) is 1.59. The Balaban J connectivity index is 1.09. The molecule has 1 saturated carbocycles. The fourth-order valence-electron chi connectivity index (χ4n) is 5.38. The Bertz CT molecular complexity index is 1510. The lowest BCUT2D eigenvalue weighted by atomic mass is 9.97. The van der Waals surface area contributed by atoms with Crippen LogP contribution in [0.1, 0.15) is 42.9 Å². The van der Waals surface area contributed by atoms with Crippen LogP contribution in [-0.4, -0.2) is 19.5 Å². The highest BCUT2D eigenvalue weighted by atomic mass is 35.5. The molecule has 0 bridgehead atoms. The molecule has 36 heavy (non-hydrogen) atoms. The van der Waals surface area contributed by atoms with Crippen molar-refractivity contribution in [2.75, 3.05) is 5.32 Å². The van der Waals surface area contributed by atoms with Crippen LogP contribution in [0, 0.1) is 5.92 Å². The zero-order valence-electron chi connectivity index (χ0n) is 19.9. The number of nitrogens with one attached hydrogen (secondary N) is 1. The summed E-state index contributed by atoms with van der Waals surface area (Å²) in [6.45, 7) is 0.715. The lowest BCUT2D eigenvalue weighted by Gasteiger charge is -2.14. The molecule has 7 heteroatoms. The van der Waals surface area contributed by atoms with Crippen molar-refractivity contribution >= 4 is 51.0 Å². The standard InChI is InChI=1S/C29H27Cl2N5/c30-23-9-4-21(5-10-23)17-32-27-12-8-22-7-3-20(16-26(22)35-27)2-1-19-6-11-24(15-19)36-14-13-25-28(31)33-18-34-29(25)36/h3-5,7-10,12-14,16,18-19,24H,1-2,6,11,15,17H2,(H,32,35). The van der Waals surface area contributed by atoms with Gasteiger partial charge in [0.2, 0.25) is 0 Å². The molecule has 2 unspecified atom stereocenters. The van der Waals surface area contributed by atoms with Gasteiger partial charge in [-0.25, -0.2) is 15.0 Å². The molecule has 1 aliphatic rings. The summed E-state index contributed by atoms with van der Waals surface area (Å²) in [5, 5.41) is 6.81. The Morgan fingerprint density at radius 2 is 1.75 bits per heavy atom. The van der Waals surface area contributed by atoms with Crippen molar-refractivity contribution < 1.29 is 0 Å². The summed E-state index contributed by atoms with van der Waals surface area (Å²) < 4.78 is 2.29. The Morgan fingerprint density at radius 3 is 2.64 bits per heavy atom. The SMILES string of the molecule is Clc1ccc(CNc2ccc3ccc(CCC4CCC(n5ccc6c(Cl)ncnc65)C4)cc3n2)cc1. The molecule has 0 radical (unpaired) electrons. The van der Waals surface area contributed by atoms with Crippen LogP contribution < -0.4 is 5.32 Å². The third kappa shape index (κ3) is 4.91. The molecule has 1 fully saturated rings. The van der Waals surface area contributed by atoms with Gasteiger partial charge in [-0.2, -0.15) is 0 Å². The zero-order chi connectivity index (χ0) is 24.5. The van der Waals surface area contributed by atoms with Gasteiger partial charge in [-0.3, -0.25) is 0 Å². The first-order valence-corrected chi connectivity index (χ1v) is 13.2. The maximum atomic E-state index is 6.25. The number of aromatic nitrogens is 4. The van der Waals surface area contributed by atoms with Crippen LogP contribution in [-0.2, 0) is 13.0 Å². The highest BCUT2D eigenvalue weighted by molar-refractivity contribution is 6.33. The van der Waals surface area contributed by atoms with E-state index in [1.807, 2.05) is 36.4 Å². The van der Waals surface area contributed by atoms with Gasteiger partial charge in [0, 0.05) is 29.2 Å². The summed E-state index contributed by atoms with van der Waals surface area (Å²) in [6.07, 6.45) is 9.52. The van der Waals surface area contributed by atoms with Crippen LogP contribution in [0.2, 0.25) is 10.2 Å². The lowest BCUT2D eigenvalue weighted by molar-refractivity contribution is 0.461. The van der Waals surface area contributed by atoms with Crippen molar-refractivity contribution in [1.29, 1.82) is 0 Å². The van der Waals surface area contributed by atoms with Crippen molar-refractivity contribution in [3.05, 3.63) is 94.5 Å². The van der Waals surface area contributed by atoms with E-state index in [1.165, 1.54) is 36.8 Å². The average Bonchev–Trinajstić information content (AvgIpc) is 3.55. The number of rotatable bonds is 7. The van der Waals surface area contributed by atoms with Gasteiger partial charge in [-0.05, 0) is 85.5 Å². The number of benzene rings is 2. The van der Waals surface area contributed by atoms with Crippen molar-refractivity contribution in [3.8, 4) is 0 Å². The number of halogens is 2. The Labute approximate surface area is 220 Å². The second-order valence-corrected chi connectivity index (χ2v) is 10.5. The number of pyridine rings is 1. The molecule has 0 spiro atoms. The number of hydrogen-bond donors (Lipinski definition) is 1. The van der Waals surface area contributed by atoms with E-state index in [4.69, 9.17) is 28.2 Å². The number of nitrogens with zero attached hydrogens (tertiary/aromatic N) is 4. The van der Waals surface area contributed by atoms with Crippen molar-refractivity contribution in [3.63, 3.8) is 0 Å². The average molecular weight is 516 g/mol. The predicted octanol–water partition coefficient (Wildman–Crippen LogP) is 7.87. The monoisotopic (exact) mass is 515 g/mol. The fraction of sp³-hybridized carbons (Fsp3) is 0.276. The van der Waals surface area contributed by atoms with Crippen molar-refractivity contribution in [2.45, 2.75) is 44.7 Å². The Hall–Kier alpha value is -3.15. The van der Waals surface area contributed by atoms with Gasteiger partial charge >= 0.3 is 0 Å². The highest BCUT2D eigenvalue weighted by Crippen LogP contribution is 2.39. The molecule has 0 aliphatic heterocycles. The van der Waals surface area contributed by atoms with Crippen LogP contribution in [0.5, 0.6) is 0 Å². The molecule has 1 N–H and O–H groups in total. The van der Waals surface area contributed by atoms with E-state index < -0.39 is 0 Å². The molecule has 0 saturated heterocycles. The molecule has 1 aliphatic carbocycles. The van der Waals surface area contributed by atoms with Gasteiger partial charge in [0.05, 0.1) is 10.9 Å². The van der Waals surface area contributed by atoms with E-state index in [0.717, 1.165) is 39.2 Å². The predicted molar refractivity (Wildman–Crippen MR) is 148 cm³/mol. The molecule has 5 nitrogen and oxygen atoms in total. The van der Waals surface area contributed by atoms with E-state index in [0.29, 0.717) is 23.7 Å². The van der Waals surface area contributed by atoms with E-state index in [2.05, 4.69) is 50.3 Å². The van der Waals surface area contributed by atoms with Crippen LogP contribution in [0.3, 0.4) is 0 Å². The maximum Gasteiger partial charge on any atom is 0.145 e. The van der Waals surface area contributed by atoms with Crippen molar-refractivity contribution in [2.24, 2.45) is 5.92 Å². The van der Waals surface area contributed by atoms with E-state index in [-0.39, 0.29) is 0 Å². The second kappa shape index (κ2) is 10.1. The first kappa shape index (κ1) is 23.3. The molecular weight excluding hydrogens is 489 g/mol. The number of aryl methyl sites for hydroxylation is 1. The summed E-state index contributed by atoms with van der Waals surface area (Å²) in [6, 6.07) is 21.3. The molecule has 2 aromatic carbocycles. The molecule has 6 rings (SSSR count). The van der Waals surface area contributed by atoms with E-state index in [9.17, 15) is 0 Å². The molecular formula is C29H27Cl2N5. The smallest absolute Gasteiger partial charge is 0.145 e. The summed E-state index contributed by atoms with van der Waals surface area (Å²) >= 11 is 12.2. The number of hydrogen-bond acceptors (Lipinski definition) is 4. The minimum Gasteiger partial charge on any atom is -0.366 e. The van der Waals surface area contributed by atoms with Crippen LogP contribution in [0.15, 0.2) is 73.2 Å². The first-order chi connectivity index (χ1) is 17.6. The topological polar surface area (TPSA) is 55.6 Å². The second-order valence-electron chi connectivity index (χ2n) is 9.70. The summed E-state index contributed by atoms with van der Waals surface area (Å²) in [4.78, 5) is 13.5. The van der Waals surface area contributed by atoms with E-state index >= 15 is 0 Å². The third-order valence-corrected chi connectivity index (χ3v) is 7.91. The van der Waals surface area contributed by atoms with Gasteiger partial charge in [0.1, 0.15) is 22.9 Å². The van der Waals surface area contributed by atoms with Gasteiger partial charge in [-0.1, -0.05) is 47.5 Å². The minimum absolute atomic E-state index is 0.478. The van der Waals surface area contributed by atoms with Crippen molar-refractivity contribution in [1.82, 2.24) is 19.5 Å². The molecule has 182 valence electrons. The minimum atomic E-state index is 0.478. The largest absolute Gasteiger partial charge is 0.366 e. The Morgan fingerprint density at radius 1 is 0.917 bits per heavy atom. The van der Waals surface area contributed by atoms with Crippen LogP contribution >= 0.6 is 23.2 Å². The lowest BCUT2D eigenvalue weighted by Crippen LogP contribution is -2.06. The number of fused-ring (bicyclic) bond motifs is 2. The van der Waals surface area contributed by atoms with Gasteiger partial charge in [0.15, 0.2) is 0 Å². The fourth-order valence-corrected chi connectivity index (χ4v) is 5.70. The normalized spacial score (nSPS) is 17.7. The summed E-state index contributed by atoms with van der Waals surface area (Å²) in [5.41, 5.74) is 4.50. The summed E-state index contributed by atoms with van der Waals surface area (Å²) in [7, 11) is 0. The highest BCUT2D eigenvalue weighted by Gasteiger charge is 2.27.